The average Bonchev–Trinajstić information content (AvgIpc) is 2.93. The Labute approximate surface area is 219 Å². The largest absolute Gasteiger partial charge is 0.367 e. The molecule has 8 nitrogen and oxygen atoms in total. The number of aldehydes is 1. The molecular formula is C29H27FN6O2. The first kappa shape index (κ1) is 25.0. The summed E-state index contributed by atoms with van der Waals surface area (Å²) in [7, 11) is 0. The van der Waals surface area contributed by atoms with Crippen molar-refractivity contribution in [2.24, 2.45) is 0 Å². The van der Waals surface area contributed by atoms with Crippen LogP contribution in [0.1, 0.15) is 0 Å². The van der Waals surface area contributed by atoms with Crippen molar-refractivity contribution < 1.29 is 14.0 Å². The first-order valence-corrected chi connectivity index (χ1v) is 12.3. The van der Waals surface area contributed by atoms with Gasteiger partial charge in [0.05, 0.1) is 17.7 Å². The second kappa shape index (κ2) is 11.2. The smallest absolute Gasteiger partial charge is 0.247 e. The molecule has 1 amide bonds. The molecule has 0 radical (unpaired) electrons. The second-order valence-corrected chi connectivity index (χ2v) is 8.96. The molecule has 0 unspecified atom stereocenters. The Bertz CT molecular complexity index is 1500. The van der Waals surface area contributed by atoms with Gasteiger partial charge in [-0.1, -0.05) is 36.9 Å². The molecular weight excluding hydrogens is 483 g/mol. The van der Waals surface area contributed by atoms with Crippen LogP contribution in [-0.2, 0) is 9.59 Å². The number of benzene rings is 3. The van der Waals surface area contributed by atoms with Crippen LogP contribution in [-0.4, -0.2) is 59.8 Å². The molecule has 2 N–H and O–H groups in total. The Morgan fingerprint density at radius 3 is 2.61 bits per heavy atom. The molecule has 192 valence electrons. The van der Waals surface area contributed by atoms with E-state index in [9.17, 15) is 9.59 Å². The number of aromatic nitrogens is 2. The third-order valence-electron chi connectivity index (χ3n) is 6.49. The Kier molecular flexibility index (Phi) is 7.37. The van der Waals surface area contributed by atoms with Gasteiger partial charge in [-0.25, -0.2) is 14.4 Å². The van der Waals surface area contributed by atoms with E-state index in [1.54, 1.807) is 24.4 Å². The fourth-order valence-electron chi connectivity index (χ4n) is 4.55. The minimum absolute atomic E-state index is 0.285. The zero-order valence-corrected chi connectivity index (χ0v) is 20.7. The van der Waals surface area contributed by atoms with E-state index < -0.39 is 0 Å². The van der Waals surface area contributed by atoms with Crippen molar-refractivity contribution in [1.29, 1.82) is 0 Å². The molecule has 1 aliphatic heterocycles. The highest BCUT2D eigenvalue weighted by Crippen LogP contribution is 2.30. The lowest BCUT2D eigenvalue weighted by atomic mass is 10.0. The minimum Gasteiger partial charge on any atom is -0.367 e. The number of fused-ring (bicyclic) bond motifs is 1. The number of nitrogens with one attached hydrogen (secondary N) is 2. The Morgan fingerprint density at radius 2 is 1.84 bits per heavy atom. The molecule has 1 saturated heterocycles. The van der Waals surface area contributed by atoms with Gasteiger partial charge in [0.15, 0.2) is 0 Å². The third-order valence-corrected chi connectivity index (χ3v) is 6.49. The van der Waals surface area contributed by atoms with Crippen LogP contribution in [0.3, 0.4) is 0 Å². The molecule has 0 atom stereocenters. The van der Waals surface area contributed by atoms with Crippen LogP contribution in [0, 0.1) is 5.82 Å². The number of halogens is 1. The van der Waals surface area contributed by atoms with E-state index in [4.69, 9.17) is 4.98 Å². The molecule has 9 heteroatoms. The van der Waals surface area contributed by atoms with E-state index in [1.807, 2.05) is 41.3 Å². The monoisotopic (exact) mass is 510 g/mol. The van der Waals surface area contributed by atoms with E-state index in [-0.39, 0.29) is 11.7 Å². The molecule has 1 aromatic heterocycles. The van der Waals surface area contributed by atoms with Crippen LogP contribution >= 0.6 is 0 Å². The van der Waals surface area contributed by atoms with Crippen molar-refractivity contribution >= 4 is 46.1 Å². The summed E-state index contributed by atoms with van der Waals surface area (Å²) in [6.45, 7) is 6.65. The lowest BCUT2D eigenvalue weighted by Gasteiger charge is -2.35. The summed E-state index contributed by atoms with van der Waals surface area (Å²) in [6.07, 6.45) is 3.84. The molecule has 5 rings (SSSR count). The highest BCUT2D eigenvalue weighted by molar-refractivity contribution is 6.00. The molecule has 0 spiro atoms. The highest BCUT2D eigenvalue weighted by atomic mass is 19.1. The van der Waals surface area contributed by atoms with Gasteiger partial charge >= 0.3 is 0 Å². The predicted molar refractivity (Wildman–Crippen MR) is 148 cm³/mol. The number of para-hydroxylation sites is 1. The van der Waals surface area contributed by atoms with Crippen LogP contribution in [0.4, 0.5) is 27.4 Å². The number of nitrogens with zero attached hydrogens (tertiary/aromatic N) is 4. The van der Waals surface area contributed by atoms with Crippen molar-refractivity contribution in [3.8, 4) is 11.1 Å². The molecule has 0 saturated carbocycles. The number of amides is 1. The average molecular weight is 511 g/mol. The maximum absolute atomic E-state index is 15.0. The summed E-state index contributed by atoms with van der Waals surface area (Å²) in [5.74, 6) is -0.276. The number of piperazine rings is 1. The molecule has 38 heavy (non-hydrogen) atoms. The lowest BCUT2D eigenvalue weighted by molar-refractivity contribution is -0.112. The maximum atomic E-state index is 15.0. The summed E-state index contributed by atoms with van der Waals surface area (Å²) >= 11 is 0. The van der Waals surface area contributed by atoms with Crippen molar-refractivity contribution in [3.63, 3.8) is 0 Å². The number of hydrogen-bond donors (Lipinski definition) is 2. The summed E-state index contributed by atoms with van der Waals surface area (Å²) in [5, 5.41) is 6.75. The Balaban J connectivity index is 1.37. The van der Waals surface area contributed by atoms with Crippen molar-refractivity contribution in [1.82, 2.24) is 14.9 Å². The van der Waals surface area contributed by atoms with Crippen LogP contribution in [0.25, 0.3) is 22.0 Å². The first-order chi connectivity index (χ1) is 18.5. The molecule has 0 bridgehead atoms. The van der Waals surface area contributed by atoms with Gasteiger partial charge in [-0.15, -0.1) is 0 Å². The molecule has 0 aliphatic carbocycles. The van der Waals surface area contributed by atoms with Crippen molar-refractivity contribution in [2.75, 3.05) is 48.3 Å². The number of carbonyl (C=O) groups excluding carboxylic acids is 2. The quantitative estimate of drug-likeness (QED) is 0.264. The van der Waals surface area contributed by atoms with Gasteiger partial charge in [-0.2, -0.15) is 0 Å². The zero-order valence-electron chi connectivity index (χ0n) is 20.7. The zero-order chi connectivity index (χ0) is 26.5. The van der Waals surface area contributed by atoms with Gasteiger partial charge < -0.3 is 20.3 Å². The second-order valence-electron chi connectivity index (χ2n) is 8.96. The topological polar surface area (TPSA) is 90.5 Å². The van der Waals surface area contributed by atoms with Gasteiger partial charge in [-0.05, 0) is 42.0 Å². The predicted octanol–water partition coefficient (Wildman–Crippen LogP) is 4.62. The minimum atomic E-state index is -0.335. The van der Waals surface area contributed by atoms with Crippen LogP contribution in [0.15, 0.2) is 79.5 Å². The third kappa shape index (κ3) is 5.52. The van der Waals surface area contributed by atoms with Crippen LogP contribution < -0.4 is 15.5 Å². The van der Waals surface area contributed by atoms with Crippen molar-refractivity contribution in [2.45, 2.75) is 0 Å². The maximum Gasteiger partial charge on any atom is 0.247 e. The SMILES string of the molecule is C=CC(=O)Nc1cccc(-c2cccc3cnc(Nc4ccc(N5CCN(CC=O)CC5)c(F)c4)nc23)c1. The number of anilines is 4. The number of carbonyl (C=O) groups is 2. The molecule has 1 fully saturated rings. The van der Waals surface area contributed by atoms with E-state index in [0.717, 1.165) is 41.4 Å². The molecule has 4 aromatic rings. The lowest BCUT2D eigenvalue weighted by Crippen LogP contribution is -2.47. The summed E-state index contributed by atoms with van der Waals surface area (Å²) in [4.78, 5) is 35.7. The van der Waals surface area contributed by atoms with Crippen LogP contribution in [0.5, 0.6) is 0 Å². The first-order valence-electron chi connectivity index (χ1n) is 12.3. The number of rotatable bonds is 8. The van der Waals surface area contributed by atoms with Gasteiger partial charge in [-0.3, -0.25) is 9.69 Å². The molecule has 1 aliphatic rings. The van der Waals surface area contributed by atoms with Gasteiger partial charge in [0.25, 0.3) is 0 Å². The van der Waals surface area contributed by atoms with Gasteiger partial charge in [0.2, 0.25) is 11.9 Å². The fourth-order valence-corrected chi connectivity index (χ4v) is 4.55. The van der Waals surface area contributed by atoms with Crippen LogP contribution in [0.2, 0.25) is 0 Å². The van der Waals surface area contributed by atoms with Crippen molar-refractivity contribution in [3.05, 3.63) is 85.3 Å². The van der Waals surface area contributed by atoms with E-state index in [1.165, 1.54) is 12.1 Å². The summed E-state index contributed by atoms with van der Waals surface area (Å²) in [6, 6.07) is 18.3. The Hall–Kier alpha value is -4.63. The standard InChI is InChI=1S/C29H27FN6O2/c1-2-27(38)32-22-7-3-5-20(17-22)24-8-4-6-21-19-31-29(34-28(21)24)33-23-9-10-26(25(30)18-23)36-13-11-35(12-14-36)15-16-37/h2-10,16-19H,1,11-15H2,(H,32,38)(H,31,33,34). The molecule has 3 aromatic carbocycles. The van der Waals surface area contributed by atoms with Gasteiger partial charge in [0.1, 0.15) is 12.1 Å². The Morgan fingerprint density at radius 1 is 1.03 bits per heavy atom. The molecule has 2 heterocycles. The van der Waals surface area contributed by atoms with E-state index >= 15 is 4.39 Å². The normalized spacial score (nSPS) is 13.8. The van der Waals surface area contributed by atoms with Gasteiger partial charge in [0, 0.05) is 54.7 Å². The number of hydrogen-bond acceptors (Lipinski definition) is 7. The van der Waals surface area contributed by atoms with E-state index in [2.05, 4.69) is 27.1 Å². The summed E-state index contributed by atoms with van der Waals surface area (Å²) < 4.78 is 15.0. The summed E-state index contributed by atoms with van der Waals surface area (Å²) in [5.41, 5.74) is 4.20. The fraction of sp³-hybridized carbons (Fsp3) is 0.172. The van der Waals surface area contributed by atoms with E-state index in [0.29, 0.717) is 42.6 Å². The highest BCUT2D eigenvalue weighted by Gasteiger charge is 2.19.